The molecule has 0 saturated carbocycles. The fourth-order valence-electron chi connectivity index (χ4n) is 6.09. The van der Waals surface area contributed by atoms with Gasteiger partial charge in [-0.25, -0.2) is 4.18 Å². The van der Waals surface area contributed by atoms with Crippen LogP contribution in [0.4, 0.5) is 0 Å². The van der Waals surface area contributed by atoms with Crippen molar-refractivity contribution in [2.75, 3.05) is 26.4 Å². The van der Waals surface area contributed by atoms with Gasteiger partial charge in [-0.05, 0) is 51.4 Å². The van der Waals surface area contributed by atoms with Crippen LogP contribution in [0.2, 0.25) is 0 Å². The van der Waals surface area contributed by atoms with Gasteiger partial charge < -0.3 is 34.3 Å². The summed E-state index contributed by atoms with van der Waals surface area (Å²) in [7, 11) is -5.05. The van der Waals surface area contributed by atoms with Crippen molar-refractivity contribution in [3.05, 3.63) is 36.5 Å². The third kappa shape index (κ3) is 27.0. The molecule has 4 N–H and O–H groups in total. The molecule has 6 atom stereocenters. The van der Waals surface area contributed by atoms with Crippen LogP contribution in [0.1, 0.15) is 155 Å². The number of ether oxygens (including phenoxy) is 4. The smallest absolute Gasteiger partial charge is 0.397 e. The Bertz CT molecular complexity index is 1100. The van der Waals surface area contributed by atoms with Crippen LogP contribution in [0, 0.1) is 0 Å². The maximum atomic E-state index is 12.7. The van der Waals surface area contributed by atoms with E-state index in [1.54, 1.807) is 0 Å². The first-order valence-corrected chi connectivity index (χ1v) is 22.1. The van der Waals surface area contributed by atoms with Crippen LogP contribution in [0.3, 0.4) is 0 Å². The van der Waals surface area contributed by atoms with Crippen molar-refractivity contribution in [1.82, 2.24) is 0 Å². The van der Waals surface area contributed by atoms with Crippen LogP contribution in [0.15, 0.2) is 36.5 Å². The second kappa shape index (κ2) is 33.5. The Morgan fingerprint density at radius 2 is 1.22 bits per heavy atom. The van der Waals surface area contributed by atoms with Crippen LogP contribution < -0.4 is 0 Å². The van der Waals surface area contributed by atoms with Gasteiger partial charge in [-0.1, -0.05) is 134 Å². The zero-order chi connectivity index (χ0) is 39.7. The molecule has 0 aromatic rings. The number of carbonyl (C=O) groups is 1. The van der Waals surface area contributed by atoms with Gasteiger partial charge in [-0.2, -0.15) is 8.42 Å². The molecule has 1 aliphatic heterocycles. The molecule has 0 aliphatic carbocycles. The van der Waals surface area contributed by atoms with Gasteiger partial charge in [0.2, 0.25) is 0 Å². The molecule has 13 heteroatoms. The maximum absolute atomic E-state index is 12.7. The average Bonchev–Trinajstić information content (AvgIpc) is 3.14. The van der Waals surface area contributed by atoms with Crippen molar-refractivity contribution in [2.45, 2.75) is 192 Å². The van der Waals surface area contributed by atoms with E-state index in [0.29, 0.717) is 13.0 Å². The molecule has 0 aromatic heterocycles. The van der Waals surface area contributed by atoms with E-state index in [1.807, 2.05) is 0 Å². The maximum Gasteiger partial charge on any atom is 0.397 e. The van der Waals surface area contributed by atoms with Gasteiger partial charge in [0.25, 0.3) is 0 Å². The fourth-order valence-corrected chi connectivity index (χ4v) is 6.60. The topological polar surface area (TPSA) is 178 Å². The molecule has 316 valence electrons. The molecule has 0 aromatic carbocycles. The number of carbonyl (C=O) groups excluding carboxylic acids is 1. The molecule has 0 radical (unpaired) electrons. The van der Waals surface area contributed by atoms with Crippen LogP contribution in [0.5, 0.6) is 0 Å². The van der Waals surface area contributed by atoms with Crippen molar-refractivity contribution in [3.8, 4) is 0 Å². The number of hydrogen-bond acceptors (Lipinski definition) is 11. The van der Waals surface area contributed by atoms with E-state index in [4.69, 9.17) is 23.5 Å². The average molecular weight is 791 g/mol. The summed E-state index contributed by atoms with van der Waals surface area (Å²) in [6.07, 6.45) is 27.8. The number of esters is 1. The van der Waals surface area contributed by atoms with E-state index in [0.717, 1.165) is 77.0 Å². The number of allylic oxidation sites excluding steroid dienone is 6. The molecule has 1 rings (SSSR count). The number of aliphatic hydroxyl groups excluding tert-OH is 3. The van der Waals surface area contributed by atoms with Gasteiger partial charge in [-0.3, -0.25) is 9.35 Å². The number of aliphatic hydroxyl groups is 3. The predicted octanol–water partition coefficient (Wildman–Crippen LogP) is 7.85. The minimum atomic E-state index is -5.05. The Balaban J connectivity index is 2.37. The minimum Gasteiger partial charge on any atom is -0.457 e. The largest absolute Gasteiger partial charge is 0.457 e. The second-order valence-corrected chi connectivity index (χ2v) is 15.3. The summed E-state index contributed by atoms with van der Waals surface area (Å²) in [5.74, 6) is -0.416. The van der Waals surface area contributed by atoms with Crippen molar-refractivity contribution in [3.63, 3.8) is 0 Å². The van der Waals surface area contributed by atoms with E-state index in [-0.39, 0.29) is 19.6 Å². The zero-order valence-corrected chi connectivity index (χ0v) is 34.1. The summed E-state index contributed by atoms with van der Waals surface area (Å²) < 4.78 is 58.6. The predicted molar refractivity (Wildman–Crippen MR) is 211 cm³/mol. The van der Waals surface area contributed by atoms with Gasteiger partial charge in [-0.15, -0.1) is 0 Å². The Labute approximate surface area is 326 Å². The number of unbranched alkanes of at least 4 members (excludes halogenated alkanes) is 16. The highest BCUT2D eigenvalue weighted by Gasteiger charge is 2.48. The molecule has 6 unspecified atom stereocenters. The third-order valence-electron chi connectivity index (χ3n) is 9.27. The van der Waals surface area contributed by atoms with E-state index in [1.165, 1.54) is 51.4 Å². The lowest BCUT2D eigenvalue weighted by molar-refractivity contribution is -0.301. The molecule has 1 aliphatic rings. The summed E-state index contributed by atoms with van der Waals surface area (Å²) >= 11 is 0. The van der Waals surface area contributed by atoms with E-state index >= 15 is 0 Å². The standard InChI is InChI=1S/C41H74O12S/c1-3-5-7-9-11-12-13-14-15-16-17-18-19-20-21-22-23-24-25-26-28-30-37(43)51-35(33-49-31-29-27-10-8-6-4-2)34-50-41-39(45)40(53-54(46,47)48)38(44)36(32-42)52-41/h13-14,16-17,19-20,35-36,38-42,44-45H,3-12,15,18,21-34H2,1-2H3,(H,46,47,48)/b14-13-,17-16-,20-19-. The summed E-state index contributed by atoms with van der Waals surface area (Å²) in [5.41, 5.74) is 0. The van der Waals surface area contributed by atoms with Gasteiger partial charge >= 0.3 is 16.4 Å². The third-order valence-corrected chi connectivity index (χ3v) is 9.73. The molecule has 12 nitrogen and oxygen atoms in total. The summed E-state index contributed by atoms with van der Waals surface area (Å²) in [6, 6.07) is 0. The molecule has 1 saturated heterocycles. The first kappa shape index (κ1) is 50.3. The van der Waals surface area contributed by atoms with Gasteiger partial charge in [0, 0.05) is 13.0 Å². The van der Waals surface area contributed by atoms with Crippen molar-refractivity contribution in [2.24, 2.45) is 0 Å². The Morgan fingerprint density at radius 3 is 1.78 bits per heavy atom. The summed E-state index contributed by atoms with van der Waals surface area (Å²) in [5, 5.41) is 30.5. The van der Waals surface area contributed by atoms with E-state index in [9.17, 15) is 28.5 Å². The molecule has 0 amide bonds. The highest BCUT2D eigenvalue weighted by atomic mass is 32.3. The molecule has 1 heterocycles. The molecular weight excluding hydrogens is 717 g/mol. The fraction of sp³-hybridized carbons (Fsp3) is 0.829. The highest BCUT2D eigenvalue weighted by molar-refractivity contribution is 7.80. The molecule has 0 bridgehead atoms. The Hall–Kier alpha value is -1.68. The monoisotopic (exact) mass is 790 g/mol. The van der Waals surface area contributed by atoms with Gasteiger partial charge in [0.05, 0.1) is 19.8 Å². The van der Waals surface area contributed by atoms with Crippen LogP contribution in [-0.2, 0) is 38.3 Å². The van der Waals surface area contributed by atoms with Gasteiger partial charge in [0.1, 0.15) is 30.5 Å². The van der Waals surface area contributed by atoms with E-state index in [2.05, 4.69) is 54.5 Å². The lowest BCUT2D eigenvalue weighted by atomic mass is 9.99. The summed E-state index contributed by atoms with van der Waals surface area (Å²) in [4.78, 5) is 12.7. The molecular formula is C41H74O12S. The quantitative estimate of drug-likeness (QED) is 0.0212. The first-order chi connectivity index (χ1) is 26.1. The lowest BCUT2D eigenvalue weighted by Crippen LogP contribution is -2.60. The SMILES string of the molecule is CCCCCCC/C=C\C/C=C\C/C=C\CCCCCCCCC(=O)OC(COCCCCCCCC)COC1OC(CO)C(O)C(OS(=O)(=O)O)C1O. The zero-order valence-electron chi connectivity index (χ0n) is 33.3. The normalized spacial score (nSPS) is 21.5. The number of hydrogen-bond donors (Lipinski definition) is 4. The van der Waals surface area contributed by atoms with Crippen LogP contribution in [0.25, 0.3) is 0 Å². The van der Waals surface area contributed by atoms with Crippen molar-refractivity contribution < 1.29 is 56.2 Å². The first-order valence-electron chi connectivity index (χ1n) is 20.7. The highest BCUT2D eigenvalue weighted by Crippen LogP contribution is 2.26. The lowest BCUT2D eigenvalue weighted by Gasteiger charge is -2.41. The minimum absolute atomic E-state index is 0.0297. The van der Waals surface area contributed by atoms with Gasteiger partial charge in [0.15, 0.2) is 6.29 Å². The van der Waals surface area contributed by atoms with Crippen LogP contribution >= 0.6 is 0 Å². The second-order valence-electron chi connectivity index (χ2n) is 14.2. The molecule has 54 heavy (non-hydrogen) atoms. The van der Waals surface area contributed by atoms with Crippen molar-refractivity contribution in [1.29, 1.82) is 0 Å². The molecule has 0 spiro atoms. The Morgan fingerprint density at radius 1 is 0.704 bits per heavy atom. The summed E-state index contributed by atoms with van der Waals surface area (Å²) in [6.45, 7) is 3.88. The van der Waals surface area contributed by atoms with Crippen molar-refractivity contribution >= 4 is 16.4 Å². The van der Waals surface area contributed by atoms with E-state index < -0.39 is 59.8 Å². The number of rotatable bonds is 35. The molecule has 1 fully saturated rings. The van der Waals surface area contributed by atoms with Crippen LogP contribution in [-0.4, -0.2) is 97.5 Å². The Kier molecular flexibility index (Phi) is 31.2.